The molecule has 0 aromatic heterocycles. The maximum Gasteiger partial charge on any atom is 0.417 e. The van der Waals surface area contributed by atoms with Gasteiger partial charge in [-0.1, -0.05) is 31.3 Å². The number of benzene rings is 1. The molecular formula is C12H15F3N2O2S2. The SMILES string of the molecule is CCN(CCC(N)=S)S(=O)(=O)c1ccccc1C(F)(F)F. The molecule has 0 radical (unpaired) electrons. The van der Waals surface area contributed by atoms with E-state index in [0.29, 0.717) is 0 Å². The van der Waals surface area contributed by atoms with Crippen LogP contribution in [0.4, 0.5) is 13.2 Å². The van der Waals surface area contributed by atoms with Gasteiger partial charge in [0.15, 0.2) is 0 Å². The fourth-order valence-corrected chi connectivity index (χ4v) is 3.50. The third kappa shape index (κ3) is 4.39. The van der Waals surface area contributed by atoms with Crippen LogP contribution in [0, 0.1) is 0 Å². The zero-order valence-corrected chi connectivity index (χ0v) is 12.9. The number of hydrogen-bond donors (Lipinski definition) is 1. The van der Waals surface area contributed by atoms with Crippen molar-refractivity contribution in [3.63, 3.8) is 0 Å². The van der Waals surface area contributed by atoms with Crippen LogP contribution in [0.1, 0.15) is 18.9 Å². The highest BCUT2D eigenvalue weighted by molar-refractivity contribution is 7.89. The van der Waals surface area contributed by atoms with Crippen molar-refractivity contribution in [3.8, 4) is 0 Å². The Morgan fingerprint density at radius 1 is 1.33 bits per heavy atom. The van der Waals surface area contributed by atoms with E-state index in [1.165, 1.54) is 13.0 Å². The molecule has 0 bridgehead atoms. The lowest BCUT2D eigenvalue weighted by Crippen LogP contribution is -2.34. The summed E-state index contributed by atoms with van der Waals surface area (Å²) in [7, 11) is -4.26. The van der Waals surface area contributed by atoms with Gasteiger partial charge in [-0.15, -0.1) is 0 Å². The number of hydrogen-bond acceptors (Lipinski definition) is 3. The fraction of sp³-hybridized carbons (Fsp3) is 0.417. The maximum absolute atomic E-state index is 12.9. The van der Waals surface area contributed by atoms with E-state index in [4.69, 9.17) is 5.73 Å². The average molecular weight is 340 g/mol. The first-order valence-corrected chi connectivity index (χ1v) is 7.90. The summed E-state index contributed by atoms with van der Waals surface area (Å²) in [5.41, 5.74) is 4.12. The van der Waals surface area contributed by atoms with E-state index in [9.17, 15) is 21.6 Å². The molecule has 0 spiro atoms. The number of thiocarbonyl (C=S) groups is 1. The lowest BCUT2D eigenvalue weighted by Gasteiger charge is -2.22. The minimum absolute atomic E-state index is 0.0249. The summed E-state index contributed by atoms with van der Waals surface area (Å²) in [5, 5.41) is 0. The summed E-state index contributed by atoms with van der Waals surface area (Å²) >= 11 is 4.66. The molecule has 0 aliphatic rings. The predicted octanol–water partition coefficient (Wildman–Crippen LogP) is 2.39. The summed E-state index contributed by atoms with van der Waals surface area (Å²) in [6.07, 6.45) is -4.64. The zero-order chi connectivity index (χ0) is 16.3. The smallest absolute Gasteiger partial charge is 0.393 e. The van der Waals surface area contributed by atoms with Crippen LogP contribution in [0.2, 0.25) is 0 Å². The van der Waals surface area contributed by atoms with Gasteiger partial charge in [0.1, 0.15) is 0 Å². The largest absolute Gasteiger partial charge is 0.417 e. The van der Waals surface area contributed by atoms with E-state index >= 15 is 0 Å². The van der Waals surface area contributed by atoms with Gasteiger partial charge in [0, 0.05) is 19.5 Å². The fourth-order valence-electron chi connectivity index (χ4n) is 1.75. The summed E-state index contributed by atoms with van der Waals surface area (Å²) in [6.45, 7) is 1.50. The lowest BCUT2D eigenvalue weighted by atomic mass is 10.2. The Hall–Kier alpha value is -1.19. The van der Waals surface area contributed by atoms with Gasteiger partial charge < -0.3 is 5.73 Å². The number of alkyl halides is 3. The molecule has 0 unspecified atom stereocenters. The van der Waals surface area contributed by atoms with Gasteiger partial charge in [-0.2, -0.15) is 17.5 Å². The van der Waals surface area contributed by atoms with Gasteiger partial charge in [0.2, 0.25) is 10.0 Å². The molecule has 0 saturated carbocycles. The number of sulfonamides is 1. The van der Waals surface area contributed by atoms with E-state index in [2.05, 4.69) is 12.2 Å². The van der Waals surface area contributed by atoms with Crippen molar-refractivity contribution in [2.45, 2.75) is 24.4 Å². The molecule has 0 atom stereocenters. The molecule has 0 aliphatic carbocycles. The average Bonchev–Trinajstić information content (AvgIpc) is 2.38. The number of halogens is 3. The Kier molecular flexibility index (Phi) is 5.71. The summed E-state index contributed by atoms with van der Waals surface area (Å²) in [5.74, 6) is 0. The molecule has 1 aromatic carbocycles. The standard InChI is InChI=1S/C12H15F3N2O2S2/c1-2-17(8-7-11(16)20)21(18,19)10-6-4-3-5-9(10)12(13,14)15/h3-6H,2,7-8H2,1H3,(H2,16,20). The van der Waals surface area contributed by atoms with E-state index < -0.39 is 26.7 Å². The molecule has 9 heteroatoms. The Morgan fingerprint density at radius 3 is 2.38 bits per heavy atom. The third-order valence-corrected chi connectivity index (χ3v) is 5.01. The van der Waals surface area contributed by atoms with Crippen molar-refractivity contribution >= 4 is 27.2 Å². The number of nitrogens with two attached hydrogens (primary N) is 1. The van der Waals surface area contributed by atoms with Gasteiger partial charge in [-0.25, -0.2) is 8.42 Å². The molecule has 1 aromatic rings. The van der Waals surface area contributed by atoms with Crippen LogP contribution >= 0.6 is 12.2 Å². The van der Waals surface area contributed by atoms with Gasteiger partial charge in [-0.3, -0.25) is 0 Å². The van der Waals surface area contributed by atoms with E-state index in [1.807, 2.05) is 0 Å². The summed E-state index contributed by atoms with van der Waals surface area (Å²) in [6, 6.07) is 4.09. The highest BCUT2D eigenvalue weighted by Gasteiger charge is 2.38. The first kappa shape index (κ1) is 17.9. The zero-order valence-electron chi connectivity index (χ0n) is 11.2. The van der Waals surface area contributed by atoms with Crippen LogP contribution < -0.4 is 5.73 Å². The number of rotatable bonds is 6. The van der Waals surface area contributed by atoms with Gasteiger partial charge in [0.25, 0.3) is 0 Å². The highest BCUT2D eigenvalue weighted by Crippen LogP contribution is 2.35. The normalized spacial score (nSPS) is 12.6. The van der Waals surface area contributed by atoms with Gasteiger partial charge >= 0.3 is 6.18 Å². The van der Waals surface area contributed by atoms with E-state index in [1.54, 1.807) is 0 Å². The van der Waals surface area contributed by atoms with Crippen molar-refractivity contribution in [3.05, 3.63) is 29.8 Å². The second-order valence-corrected chi connectivity index (χ2v) is 6.64. The molecule has 118 valence electrons. The Bertz CT molecular complexity index is 615. The minimum atomic E-state index is -4.74. The Balaban J connectivity index is 3.27. The molecule has 4 nitrogen and oxygen atoms in total. The van der Waals surface area contributed by atoms with Gasteiger partial charge in [-0.05, 0) is 12.1 Å². The first-order valence-electron chi connectivity index (χ1n) is 6.05. The Labute approximate surface area is 126 Å². The number of nitrogens with zero attached hydrogens (tertiary/aromatic N) is 1. The second kappa shape index (κ2) is 6.71. The van der Waals surface area contributed by atoms with Crippen molar-refractivity contribution in [1.29, 1.82) is 0 Å². The molecule has 0 fully saturated rings. The van der Waals surface area contributed by atoms with Crippen LogP contribution in [0.5, 0.6) is 0 Å². The molecule has 0 aliphatic heterocycles. The molecule has 1 rings (SSSR count). The van der Waals surface area contributed by atoms with Crippen molar-refractivity contribution in [1.82, 2.24) is 4.31 Å². The molecule has 21 heavy (non-hydrogen) atoms. The Morgan fingerprint density at radius 2 is 1.90 bits per heavy atom. The second-order valence-electron chi connectivity index (χ2n) is 4.21. The third-order valence-electron chi connectivity index (χ3n) is 2.77. The van der Waals surface area contributed by atoms with Crippen molar-refractivity contribution in [2.75, 3.05) is 13.1 Å². The molecular weight excluding hydrogens is 325 g/mol. The molecule has 0 heterocycles. The van der Waals surface area contributed by atoms with Crippen LogP contribution in [-0.2, 0) is 16.2 Å². The van der Waals surface area contributed by atoms with Crippen LogP contribution in [-0.4, -0.2) is 30.8 Å². The van der Waals surface area contributed by atoms with Crippen LogP contribution in [0.15, 0.2) is 29.2 Å². The summed E-state index contributed by atoms with van der Waals surface area (Å²) < 4.78 is 64.5. The topological polar surface area (TPSA) is 63.4 Å². The first-order chi connectivity index (χ1) is 9.60. The summed E-state index contributed by atoms with van der Waals surface area (Å²) in [4.78, 5) is -0.657. The van der Waals surface area contributed by atoms with Gasteiger partial charge in [0.05, 0.1) is 15.4 Å². The van der Waals surface area contributed by atoms with Crippen LogP contribution in [0.3, 0.4) is 0 Å². The maximum atomic E-state index is 12.9. The highest BCUT2D eigenvalue weighted by atomic mass is 32.2. The monoisotopic (exact) mass is 340 g/mol. The van der Waals surface area contributed by atoms with Crippen molar-refractivity contribution in [2.24, 2.45) is 5.73 Å². The minimum Gasteiger partial charge on any atom is -0.393 e. The van der Waals surface area contributed by atoms with E-state index in [-0.39, 0.29) is 24.5 Å². The quantitative estimate of drug-likeness (QED) is 0.808. The molecule has 2 N–H and O–H groups in total. The lowest BCUT2D eigenvalue weighted by molar-refractivity contribution is -0.139. The van der Waals surface area contributed by atoms with Crippen LogP contribution in [0.25, 0.3) is 0 Å². The van der Waals surface area contributed by atoms with E-state index in [0.717, 1.165) is 22.5 Å². The predicted molar refractivity (Wildman–Crippen MR) is 77.3 cm³/mol. The molecule has 0 amide bonds. The van der Waals surface area contributed by atoms with Crippen molar-refractivity contribution < 1.29 is 21.6 Å². The molecule has 0 saturated heterocycles.